The fourth-order valence-corrected chi connectivity index (χ4v) is 3.87. The van der Waals surface area contributed by atoms with Crippen molar-refractivity contribution in [2.45, 2.75) is 69.9 Å². The van der Waals surface area contributed by atoms with Crippen LogP contribution >= 0.6 is 0 Å². The number of hydrogen-bond donors (Lipinski definition) is 2. The van der Waals surface area contributed by atoms with Crippen molar-refractivity contribution in [1.29, 1.82) is 0 Å². The first kappa shape index (κ1) is 16.3. The van der Waals surface area contributed by atoms with Crippen LogP contribution in [0.3, 0.4) is 0 Å². The molecular formula is C19H28N2O2. The van der Waals surface area contributed by atoms with Crippen molar-refractivity contribution in [2.75, 3.05) is 0 Å². The number of rotatable bonds is 4. The van der Waals surface area contributed by atoms with E-state index in [0.29, 0.717) is 12.1 Å². The van der Waals surface area contributed by atoms with Crippen LogP contribution in [0.2, 0.25) is 0 Å². The molecule has 126 valence electrons. The smallest absolute Gasteiger partial charge is 0.230 e. The quantitative estimate of drug-likeness (QED) is 0.784. The van der Waals surface area contributed by atoms with Crippen molar-refractivity contribution >= 4 is 11.8 Å². The predicted octanol–water partition coefficient (Wildman–Crippen LogP) is 2.85. The molecule has 2 N–H and O–H groups in total. The maximum atomic E-state index is 12.3. The van der Waals surface area contributed by atoms with Gasteiger partial charge in [0.05, 0.1) is 11.8 Å². The first-order valence-corrected chi connectivity index (χ1v) is 9.20. The van der Waals surface area contributed by atoms with Crippen molar-refractivity contribution in [3.63, 3.8) is 0 Å². The van der Waals surface area contributed by atoms with E-state index in [1.807, 2.05) is 24.3 Å². The molecule has 2 amide bonds. The molecule has 3 aliphatic carbocycles. The van der Waals surface area contributed by atoms with Crippen LogP contribution in [-0.4, -0.2) is 23.9 Å². The molecule has 0 aliphatic heterocycles. The first-order chi connectivity index (χ1) is 11.2. The SMILES string of the molecule is O=C(NC1CCCCC1)C1C=CC(C(=O)NC2CCCC2)C=C1. The summed E-state index contributed by atoms with van der Waals surface area (Å²) in [6.45, 7) is 0. The van der Waals surface area contributed by atoms with Gasteiger partial charge in [-0.2, -0.15) is 0 Å². The molecule has 3 aliphatic rings. The van der Waals surface area contributed by atoms with E-state index in [9.17, 15) is 9.59 Å². The Kier molecular flexibility index (Phi) is 5.52. The van der Waals surface area contributed by atoms with Gasteiger partial charge in [0.25, 0.3) is 0 Å². The van der Waals surface area contributed by atoms with Crippen LogP contribution in [0.15, 0.2) is 24.3 Å². The minimum absolute atomic E-state index is 0.0653. The molecule has 4 heteroatoms. The van der Waals surface area contributed by atoms with E-state index in [-0.39, 0.29) is 23.7 Å². The zero-order valence-corrected chi connectivity index (χ0v) is 13.8. The summed E-state index contributed by atoms with van der Waals surface area (Å²) >= 11 is 0. The van der Waals surface area contributed by atoms with Crippen molar-refractivity contribution in [3.05, 3.63) is 24.3 Å². The average molecular weight is 316 g/mol. The largest absolute Gasteiger partial charge is 0.353 e. The third kappa shape index (κ3) is 4.46. The zero-order valence-electron chi connectivity index (χ0n) is 13.8. The standard InChI is InChI=1S/C19H28N2O2/c22-18(20-16-6-2-1-3-7-16)14-10-12-15(13-11-14)19(23)21-17-8-4-5-9-17/h10-17H,1-9H2,(H,20,22)(H,21,23). The van der Waals surface area contributed by atoms with E-state index in [1.54, 1.807) is 0 Å². The lowest BCUT2D eigenvalue weighted by molar-refractivity contribution is -0.124. The lowest BCUT2D eigenvalue weighted by Gasteiger charge is -2.25. The van der Waals surface area contributed by atoms with Gasteiger partial charge in [-0.15, -0.1) is 0 Å². The summed E-state index contributed by atoms with van der Waals surface area (Å²) in [5.74, 6) is -0.323. The molecule has 0 unspecified atom stereocenters. The monoisotopic (exact) mass is 316 g/mol. The number of amides is 2. The summed E-state index contributed by atoms with van der Waals surface area (Å²) in [7, 11) is 0. The van der Waals surface area contributed by atoms with E-state index in [0.717, 1.165) is 25.7 Å². The van der Waals surface area contributed by atoms with Crippen LogP contribution in [0.25, 0.3) is 0 Å². The summed E-state index contributed by atoms with van der Waals surface area (Å²) in [6, 6.07) is 0.679. The van der Waals surface area contributed by atoms with Gasteiger partial charge in [-0.3, -0.25) is 9.59 Å². The minimum atomic E-state index is -0.229. The Hall–Kier alpha value is -1.58. The van der Waals surface area contributed by atoms with Crippen LogP contribution < -0.4 is 10.6 Å². The topological polar surface area (TPSA) is 58.2 Å². The molecule has 0 saturated heterocycles. The highest BCUT2D eigenvalue weighted by molar-refractivity contribution is 5.86. The predicted molar refractivity (Wildman–Crippen MR) is 90.7 cm³/mol. The molecular weight excluding hydrogens is 288 g/mol. The van der Waals surface area contributed by atoms with Gasteiger partial charge in [0.1, 0.15) is 0 Å². The molecule has 0 aromatic carbocycles. The fraction of sp³-hybridized carbons (Fsp3) is 0.684. The highest BCUT2D eigenvalue weighted by Crippen LogP contribution is 2.21. The Balaban J connectivity index is 1.46. The maximum absolute atomic E-state index is 12.3. The number of carbonyl (C=O) groups excluding carboxylic acids is 2. The molecule has 0 atom stereocenters. The molecule has 0 heterocycles. The molecule has 2 fully saturated rings. The van der Waals surface area contributed by atoms with Crippen molar-refractivity contribution in [1.82, 2.24) is 10.6 Å². The molecule has 0 bridgehead atoms. The minimum Gasteiger partial charge on any atom is -0.353 e. The molecule has 0 radical (unpaired) electrons. The van der Waals surface area contributed by atoms with E-state index in [4.69, 9.17) is 0 Å². The molecule has 0 aromatic rings. The number of nitrogens with one attached hydrogen (secondary N) is 2. The average Bonchev–Trinajstić information content (AvgIpc) is 3.09. The van der Waals surface area contributed by atoms with Crippen LogP contribution in [0, 0.1) is 11.8 Å². The second kappa shape index (κ2) is 7.80. The van der Waals surface area contributed by atoms with Crippen LogP contribution in [0.5, 0.6) is 0 Å². The maximum Gasteiger partial charge on any atom is 0.230 e. The van der Waals surface area contributed by atoms with Crippen LogP contribution in [0.4, 0.5) is 0 Å². The van der Waals surface area contributed by atoms with Gasteiger partial charge in [-0.1, -0.05) is 56.4 Å². The van der Waals surface area contributed by atoms with Crippen molar-refractivity contribution in [2.24, 2.45) is 11.8 Å². The molecule has 4 nitrogen and oxygen atoms in total. The van der Waals surface area contributed by atoms with E-state index >= 15 is 0 Å². The Morgan fingerprint density at radius 2 is 0.957 bits per heavy atom. The van der Waals surface area contributed by atoms with E-state index in [2.05, 4.69) is 10.6 Å². The van der Waals surface area contributed by atoms with Gasteiger partial charge in [0, 0.05) is 12.1 Å². The zero-order chi connectivity index (χ0) is 16.1. The van der Waals surface area contributed by atoms with Gasteiger partial charge in [-0.25, -0.2) is 0 Å². The summed E-state index contributed by atoms with van der Waals surface area (Å²) in [5, 5.41) is 6.27. The highest BCUT2D eigenvalue weighted by atomic mass is 16.2. The van der Waals surface area contributed by atoms with E-state index < -0.39 is 0 Å². The summed E-state index contributed by atoms with van der Waals surface area (Å²) in [4.78, 5) is 24.5. The van der Waals surface area contributed by atoms with Crippen molar-refractivity contribution in [3.8, 4) is 0 Å². The van der Waals surface area contributed by atoms with Crippen LogP contribution in [-0.2, 0) is 9.59 Å². The van der Waals surface area contributed by atoms with Crippen LogP contribution in [0.1, 0.15) is 57.8 Å². The lowest BCUT2D eigenvalue weighted by Crippen LogP contribution is -2.40. The Labute approximate surface area is 138 Å². The number of carbonyl (C=O) groups is 2. The normalized spacial score (nSPS) is 28.7. The van der Waals surface area contributed by atoms with Gasteiger partial charge in [0.15, 0.2) is 0 Å². The molecule has 23 heavy (non-hydrogen) atoms. The van der Waals surface area contributed by atoms with Gasteiger partial charge in [0.2, 0.25) is 11.8 Å². The highest BCUT2D eigenvalue weighted by Gasteiger charge is 2.25. The lowest BCUT2D eigenvalue weighted by atomic mass is 9.92. The first-order valence-electron chi connectivity index (χ1n) is 9.20. The van der Waals surface area contributed by atoms with E-state index in [1.165, 1.54) is 32.1 Å². The summed E-state index contributed by atoms with van der Waals surface area (Å²) in [5.41, 5.74) is 0. The van der Waals surface area contributed by atoms with Crippen molar-refractivity contribution < 1.29 is 9.59 Å². The Morgan fingerprint density at radius 3 is 1.35 bits per heavy atom. The Morgan fingerprint density at radius 1 is 0.609 bits per heavy atom. The molecule has 0 aromatic heterocycles. The summed E-state index contributed by atoms with van der Waals surface area (Å²) < 4.78 is 0. The van der Waals surface area contributed by atoms with Gasteiger partial charge in [-0.05, 0) is 25.7 Å². The molecule has 0 spiro atoms. The second-order valence-corrected chi connectivity index (χ2v) is 7.15. The fourth-order valence-electron chi connectivity index (χ4n) is 3.87. The molecule has 2 saturated carbocycles. The second-order valence-electron chi connectivity index (χ2n) is 7.15. The molecule has 3 rings (SSSR count). The van der Waals surface area contributed by atoms with Gasteiger partial charge < -0.3 is 10.6 Å². The summed E-state index contributed by atoms with van der Waals surface area (Å²) in [6.07, 6.45) is 18.0. The third-order valence-electron chi connectivity index (χ3n) is 5.31. The third-order valence-corrected chi connectivity index (χ3v) is 5.31. The Bertz CT molecular complexity index is 472. The van der Waals surface area contributed by atoms with Gasteiger partial charge >= 0.3 is 0 Å². The number of hydrogen-bond acceptors (Lipinski definition) is 2.